The smallest absolute Gasteiger partial charge is 0.319 e. The molecule has 2 N–H and O–H groups in total. The Bertz CT molecular complexity index is 809. The maximum absolute atomic E-state index is 12.3. The molecule has 0 aliphatic heterocycles. The zero-order chi connectivity index (χ0) is 19.1. The number of anilines is 1. The van der Waals surface area contributed by atoms with E-state index in [2.05, 4.69) is 10.6 Å². The molecule has 2 rings (SSSR count). The molecule has 0 radical (unpaired) electrons. The molecule has 5 nitrogen and oxygen atoms in total. The summed E-state index contributed by atoms with van der Waals surface area (Å²) in [6.07, 6.45) is 3.31. The monoisotopic (exact) mass is 352 g/mol. The average molecular weight is 352 g/mol. The van der Waals surface area contributed by atoms with E-state index in [0.29, 0.717) is 11.3 Å². The number of ether oxygens (including phenoxy) is 1. The van der Waals surface area contributed by atoms with Crippen molar-refractivity contribution in [3.8, 4) is 5.75 Å². The normalized spacial score (nSPS) is 10.8. The number of benzene rings is 2. The molecule has 0 atom stereocenters. The van der Waals surface area contributed by atoms with Crippen molar-refractivity contribution in [1.82, 2.24) is 5.32 Å². The Kier molecular flexibility index (Phi) is 6.55. The molecule has 0 aromatic heterocycles. The third-order valence-electron chi connectivity index (χ3n) is 3.69. The third kappa shape index (κ3) is 5.48. The highest BCUT2D eigenvalue weighted by Gasteiger charge is 2.05. The Hall–Kier alpha value is -3.08. The fourth-order valence-electron chi connectivity index (χ4n) is 2.42. The first-order valence-corrected chi connectivity index (χ1v) is 8.43. The van der Waals surface area contributed by atoms with Gasteiger partial charge in [0.15, 0.2) is 5.78 Å². The number of hydrogen-bond acceptors (Lipinski definition) is 3. The molecule has 2 amide bonds. The molecule has 5 heteroatoms. The average Bonchev–Trinajstić information content (AvgIpc) is 2.59. The quantitative estimate of drug-likeness (QED) is 0.597. The fourth-order valence-corrected chi connectivity index (χ4v) is 2.42. The van der Waals surface area contributed by atoms with E-state index in [-0.39, 0.29) is 17.9 Å². The molecule has 0 saturated carbocycles. The van der Waals surface area contributed by atoms with Crippen LogP contribution in [0.4, 0.5) is 10.5 Å². The lowest BCUT2D eigenvalue weighted by Gasteiger charge is -2.10. The summed E-state index contributed by atoms with van der Waals surface area (Å²) in [5.41, 5.74) is 3.13. The topological polar surface area (TPSA) is 67.4 Å². The van der Waals surface area contributed by atoms with Gasteiger partial charge in [0.05, 0.1) is 7.11 Å². The second kappa shape index (κ2) is 8.85. The predicted molar refractivity (Wildman–Crippen MR) is 105 cm³/mol. The lowest BCUT2D eigenvalue weighted by atomic mass is 10.1. The highest BCUT2D eigenvalue weighted by atomic mass is 16.5. The van der Waals surface area contributed by atoms with Crippen molar-refractivity contribution in [3.63, 3.8) is 0 Å². The largest absolute Gasteiger partial charge is 0.496 e. The van der Waals surface area contributed by atoms with Gasteiger partial charge in [0.2, 0.25) is 0 Å². The number of aryl methyl sites for hydroxylation is 1. The SMILES string of the molecule is COc1ccc(/C=C/C(=O)c2ccc(NC(=O)NC(C)C)cc2)cc1C. The molecule has 0 heterocycles. The first kappa shape index (κ1) is 19.2. The van der Waals surface area contributed by atoms with E-state index in [1.807, 2.05) is 39.0 Å². The summed E-state index contributed by atoms with van der Waals surface area (Å²) in [6.45, 7) is 5.73. The Morgan fingerprint density at radius 3 is 2.35 bits per heavy atom. The van der Waals surface area contributed by atoms with Crippen LogP contribution >= 0.6 is 0 Å². The van der Waals surface area contributed by atoms with Crippen molar-refractivity contribution in [2.45, 2.75) is 26.8 Å². The second-order valence-electron chi connectivity index (χ2n) is 6.26. The number of amides is 2. The molecule has 2 aromatic carbocycles. The van der Waals surface area contributed by atoms with Gasteiger partial charge in [0.25, 0.3) is 0 Å². The summed E-state index contributed by atoms with van der Waals surface area (Å²) in [5, 5.41) is 5.47. The van der Waals surface area contributed by atoms with Crippen LogP contribution in [0, 0.1) is 6.92 Å². The summed E-state index contributed by atoms with van der Waals surface area (Å²) >= 11 is 0. The van der Waals surface area contributed by atoms with Crippen molar-refractivity contribution >= 4 is 23.6 Å². The van der Waals surface area contributed by atoms with Crippen molar-refractivity contribution < 1.29 is 14.3 Å². The number of allylic oxidation sites excluding steroid dienone is 1. The molecule has 0 unspecified atom stereocenters. The van der Waals surface area contributed by atoms with Gasteiger partial charge in [0.1, 0.15) is 5.75 Å². The summed E-state index contributed by atoms with van der Waals surface area (Å²) in [4.78, 5) is 24.0. The highest BCUT2D eigenvalue weighted by molar-refractivity contribution is 6.07. The number of methoxy groups -OCH3 is 1. The Balaban J connectivity index is 2.01. The van der Waals surface area contributed by atoms with Gasteiger partial charge in [-0.15, -0.1) is 0 Å². The molecule has 0 spiro atoms. The minimum atomic E-state index is -0.270. The summed E-state index contributed by atoms with van der Waals surface area (Å²) in [7, 11) is 1.63. The van der Waals surface area contributed by atoms with Crippen LogP contribution in [0.5, 0.6) is 5.75 Å². The van der Waals surface area contributed by atoms with Crippen LogP contribution in [0.15, 0.2) is 48.5 Å². The number of nitrogens with one attached hydrogen (secondary N) is 2. The number of carbonyl (C=O) groups excluding carboxylic acids is 2. The van der Waals surface area contributed by atoms with Gasteiger partial charge >= 0.3 is 6.03 Å². The minimum absolute atomic E-state index is 0.0579. The summed E-state index contributed by atoms with van der Waals surface area (Å²) in [5.74, 6) is 0.717. The summed E-state index contributed by atoms with van der Waals surface area (Å²) in [6, 6.07) is 12.3. The highest BCUT2D eigenvalue weighted by Crippen LogP contribution is 2.19. The van der Waals surface area contributed by atoms with Crippen LogP contribution in [0.3, 0.4) is 0 Å². The van der Waals surface area contributed by atoms with Crippen molar-refractivity contribution in [3.05, 3.63) is 65.2 Å². The molecule has 0 aliphatic rings. The molecule has 0 aliphatic carbocycles. The fraction of sp³-hybridized carbons (Fsp3) is 0.238. The van der Waals surface area contributed by atoms with Crippen LogP contribution in [-0.2, 0) is 0 Å². The van der Waals surface area contributed by atoms with Gasteiger partial charge < -0.3 is 15.4 Å². The standard InChI is InChI=1S/C21H24N2O3/c1-14(2)22-21(25)23-18-9-7-17(8-10-18)19(24)11-5-16-6-12-20(26-4)15(3)13-16/h5-14H,1-4H3,(H2,22,23,25)/b11-5+. The molecule has 0 bridgehead atoms. The maximum Gasteiger partial charge on any atom is 0.319 e. The maximum atomic E-state index is 12.3. The Morgan fingerprint density at radius 2 is 1.77 bits per heavy atom. The predicted octanol–water partition coefficient (Wildman–Crippen LogP) is 4.43. The van der Waals surface area contributed by atoms with Crippen LogP contribution in [-0.4, -0.2) is 25.0 Å². The number of urea groups is 1. The van der Waals surface area contributed by atoms with Crippen LogP contribution < -0.4 is 15.4 Å². The molecule has 136 valence electrons. The van der Waals surface area contributed by atoms with Gasteiger partial charge in [-0.05, 0) is 74.4 Å². The number of rotatable bonds is 6. The van der Waals surface area contributed by atoms with Crippen LogP contribution in [0.1, 0.15) is 35.3 Å². The van der Waals surface area contributed by atoms with E-state index in [4.69, 9.17) is 4.74 Å². The zero-order valence-electron chi connectivity index (χ0n) is 15.5. The van der Waals surface area contributed by atoms with E-state index >= 15 is 0 Å². The van der Waals surface area contributed by atoms with Crippen molar-refractivity contribution in [1.29, 1.82) is 0 Å². The van der Waals surface area contributed by atoms with Gasteiger partial charge in [0, 0.05) is 17.3 Å². The Labute approximate surface area is 154 Å². The number of ketones is 1. The lowest BCUT2D eigenvalue weighted by molar-refractivity contribution is 0.104. The number of carbonyl (C=O) groups is 2. The molecular weight excluding hydrogens is 328 g/mol. The summed E-state index contributed by atoms with van der Waals surface area (Å²) < 4.78 is 5.23. The van der Waals surface area contributed by atoms with Gasteiger partial charge in [-0.2, -0.15) is 0 Å². The molecule has 26 heavy (non-hydrogen) atoms. The van der Waals surface area contributed by atoms with Crippen LogP contribution in [0.25, 0.3) is 6.08 Å². The molecule has 2 aromatic rings. The van der Waals surface area contributed by atoms with Crippen molar-refractivity contribution in [2.75, 3.05) is 12.4 Å². The number of hydrogen-bond donors (Lipinski definition) is 2. The van der Waals surface area contributed by atoms with Gasteiger partial charge in [-0.25, -0.2) is 4.79 Å². The molecule has 0 saturated heterocycles. The lowest BCUT2D eigenvalue weighted by Crippen LogP contribution is -2.34. The van der Waals surface area contributed by atoms with Gasteiger partial charge in [-0.3, -0.25) is 4.79 Å². The Morgan fingerprint density at radius 1 is 1.08 bits per heavy atom. The minimum Gasteiger partial charge on any atom is -0.496 e. The van der Waals surface area contributed by atoms with Gasteiger partial charge in [-0.1, -0.05) is 12.1 Å². The van der Waals surface area contributed by atoms with E-state index in [9.17, 15) is 9.59 Å². The first-order valence-electron chi connectivity index (χ1n) is 8.43. The van der Waals surface area contributed by atoms with E-state index < -0.39 is 0 Å². The molecular formula is C21H24N2O3. The zero-order valence-corrected chi connectivity index (χ0v) is 15.5. The van der Waals surface area contributed by atoms with Crippen molar-refractivity contribution in [2.24, 2.45) is 0 Å². The first-order chi connectivity index (χ1) is 12.4. The van der Waals surface area contributed by atoms with E-state index in [0.717, 1.165) is 16.9 Å². The van der Waals surface area contributed by atoms with E-state index in [1.54, 1.807) is 37.5 Å². The molecule has 0 fully saturated rings. The third-order valence-corrected chi connectivity index (χ3v) is 3.69. The van der Waals surface area contributed by atoms with E-state index in [1.165, 1.54) is 6.08 Å². The second-order valence-corrected chi connectivity index (χ2v) is 6.26. The van der Waals surface area contributed by atoms with Crippen LogP contribution in [0.2, 0.25) is 0 Å².